The maximum Gasteiger partial charge on any atom is 0.109 e. The Morgan fingerprint density at radius 1 is 1.29 bits per heavy atom. The van der Waals surface area contributed by atoms with E-state index in [-0.39, 0.29) is 6.61 Å². The molecule has 0 saturated heterocycles. The van der Waals surface area contributed by atoms with E-state index in [1.165, 1.54) is 10.4 Å². The quantitative estimate of drug-likeness (QED) is 0.768. The van der Waals surface area contributed by atoms with Gasteiger partial charge in [0.25, 0.3) is 0 Å². The second-order valence-corrected chi connectivity index (χ2v) is 3.12. The van der Waals surface area contributed by atoms with Crippen molar-refractivity contribution in [2.24, 2.45) is 0 Å². The average molecular weight is 189 g/mol. The Hall–Kier alpha value is -1.68. The van der Waals surface area contributed by atoms with Gasteiger partial charge in [-0.3, -0.25) is 0 Å². The van der Waals surface area contributed by atoms with Crippen LogP contribution in [0.15, 0.2) is 30.5 Å². The predicted octanol–water partition coefficient (Wildman–Crippen LogP) is 1.07. The summed E-state index contributed by atoms with van der Waals surface area (Å²) in [5.74, 6) is 0. The Labute approximate surface area is 81.8 Å². The topological polar surface area (TPSA) is 50.9 Å². The van der Waals surface area contributed by atoms with Gasteiger partial charge in [-0.25, -0.2) is 0 Å². The van der Waals surface area contributed by atoms with Gasteiger partial charge in [-0.1, -0.05) is 17.7 Å². The second-order valence-electron chi connectivity index (χ2n) is 3.12. The first-order chi connectivity index (χ1) is 6.79. The van der Waals surface area contributed by atoms with Crippen molar-refractivity contribution in [2.75, 3.05) is 0 Å². The molecule has 0 spiro atoms. The molecule has 0 saturated carbocycles. The van der Waals surface area contributed by atoms with Crippen LogP contribution in [-0.4, -0.2) is 20.1 Å². The van der Waals surface area contributed by atoms with Gasteiger partial charge in [-0.2, -0.15) is 15.0 Å². The van der Waals surface area contributed by atoms with Crippen LogP contribution < -0.4 is 0 Å². The fourth-order valence-electron chi connectivity index (χ4n) is 1.17. The van der Waals surface area contributed by atoms with E-state index in [4.69, 9.17) is 5.11 Å². The van der Waals surface area contributed by atoms with Crippen molar-refractivity contribution in [1.82, 2.24) is 15.0 Å². The van der Waals surface area contributed by atoms with Crippen molar-refractivity contribution in [3.05, 3.63) is 41.7 Å². The highest BCUT2D eigenvalue weighted by molar-refractivity contribution is 5.32. The van der Waals surface area contributed by atoms with Crippen LogP contribution in [0.4, 0.5) is 0 Å². The number of hydrogen-bond acceptors (Lipinski definition) is 3. The molecule has 1 aromatic carbocycles. The summed E-state index contributed by atoms with van der Waals surface area (Å²) < 4.78 is 0. The van der Waals surface area contributed by atoms with Crippen LogP contribution in [0.2, 0.25) is 0 Å². The van der Waals surface area contributed by atoms with Crippen molar-refractivity contribution in [2.45, 2.75) is 13.5 Å². The van der Waals surface area contributed by atoms with Gasteiger partial charge >= 0.3 is 0 Å². The molecule has 0 radical (unpaired) electrons. The van der Waals surface area contributed by atoms with Crippen LogP contribution in [-0.2, 0) is 6.61 Å². The van der Waals surface area contributed by atoms with Gasteiger partial charge in [0, 0.05) is 0 Å². The van der Waals surface area contributed by atoms with Crippen LogP contribution in [0.25, 0.3) is 5.69 Å². The van der Waals surface area contributed by atoms with Crippen molar-refractivity contribution in [3.63, 3.8) is 0 Å². The van der Waals surface area contributed by atoms with Gasteiger partial charge in [-0.05, 0) is 19.1 Å². The van der Waals surface area contributed by atoms with E-state index in [0.717, 1.165) is 5.69 Å². The van der Waals surface area contributed by atoms with Gasteiger partial charge in [0.2, 0.25) is 0 Å². The molecule has 0 amide bonds. The van der Waals surface area contributed by atoms with Gasteiger partial charge < -0.3 is 5.11 Å². The Kier molecular flexibility index (Phi) is 2.28. The molecule has 14 heavy (non-hydrogen) atoms. The SMILES string of the molecule is Cc1ccc(-n2ncc(CO)n2)cc1. The smallest absolute Gasteiger partial charge is 0.109 e. The molecule has 72 valence electrons. The summed E-state index contributed by atoms with van der Waals surface area (Å²) in [6.45, 7) is 1.95. The maximum absolute atomic E-state index is 8.83. The maximum atomic E-state index is 8.83. The molecular weight excluding hydrogens is 178 g/mol. The van der Waals surface area contributed by atoms with E-state index in [9.17, 15) is 0 Å². The molecule has 0 aliphatic rings. The lowest BCUT2D eigenvalue weighted by atomic mass is 10.2. The van der Waals surface area contributed by atoms with Crippen LogP contribution in [0.3, 0.4) is 0 Å². The van der Waals surface area contributed by atoms with E-state index in [1.807, 2.05) is 31.2 Å². The van der Waals surface area contributed by atoms with Crippen molar-refractivity contribution < 1.29 is 5.11 Å². The zero-order valence-corrected chi connectivity index (χ0v) is 7.88. The lowest BCUT2D eigenvalue weighted by molar-refractivity contribution is 0.276. The number of aliphatic hydroxyl groups is 1. The molecule has 4 nitrogen and oxygen atoms in total. The molecule has 1 N–H and O–H groups in total. The molecule has 0 atom stereocenters. The average Bonchev–Trinajstić information content (AvgIpc) is 2.67. The van der Waals surface area contributed by atoms with E-state index in [1.54, 1.807) is 6.20 Å². The Morgan fingerprint density at radius 2 is 2.00 bits per heavy atom. The first kappa shape index (κ1) is 8.90. The fourth-order valence-corrected chi connectivity index (χ4v) is 1.17. The number of hydrogen-bond donors (Lipinski definition) is 1. The standard InChI is InChI=1S/C10H11N3O/c1-8-2-4-10(5-3-8)13-11-6-9(7-14)12-13/h2-6,14H,7H2,1H3. The van der Waals surface area contributed by atoms with Crippen LogP contribution in [0.1, 0.15) is 11.3 Å². The molecule has 2 aromatic rings. The summed E-state index contributed by atoms with van der Waals surface area (Å²) in [4.78, 5) is 1.50. The normalized spacial score (nSPS) is 10.4. The highest BCUT2D eigenvalue weighted by Crippen LogP contribution is 2.06. The zero-order chi connectivity index (χ0) is 9.97. The molecule has 1 heterocycles. The minimum Gasteiger partial charge on any atom is -0.390 e. The third-order valence-corrected chi connectivity index (χ3v) is 1.97. The number of aliphatic hydroxyl groups excluding tert-OH is 1. The van der Waals surface area contributed by atoms with Crippen molar-refractivity contribution in [3.8, 4) is 5.69 Å². The van der Waals surface area contributed by atoms with Crippen LogP contribution in [0, 0.1) is 6.92 Å². The van der Waals surface area contributed by atoms with Crippen LogP contribution in [0.5, 0.6) is 0 Å². The van der Waals surface area contributed by atoms with Gasteiger partial charge in [-0.15, -0.1) is 0 Å². The monoisotopic (exact) mass is 189 g/mol. The highest BCUT2D eigenvalue weighted by Gasteiger charge is 2.00. The Morgan fingerprint density at radius 3 is 2.57 bits per heavy atom. The van der Waals surface area contributed by atoms with Crippen LogP contribution >= 0.6 is 0 Å². The number of aryl methyl sites for hydroxylation is 1. The minimum atomic E-state index is -0.0775. The summed E-state index contributed by atoms with van der Waals surface area (Å²) in [6.07, 6.45) is 1.56. The minimum absolute atomic E-state index is 0.0775. The molecule has 0 unspecified atom stereocenters. The summed E-state index contributed by atoms with van der Waals surface area (Å²) in [7, 11) is 0. The van der Waals surface area contributed by atoms with Gasteiger partial charge in [0.1, 0.15) is 5.69 Å². The first-order valence-corrected chi connectivity index (χ1v) is 4.39. The number of aromatic nitrogens is 3. The first-order valence-electron chi connectivity index (χ1n) is 4.39. The molecule has 1 aromatic heterocycles. The van der Waals surface area contributed by atoms with Gasteiger partial charge in [0.15, 0.2) is 0 Å². The van der Waals surface area contributed by atoms with E-state index in [0.29, 0.717) is 5.69 Å². The zero-order valence-electron chi connectivity index (χ0n) is 7.88. The third kappa shape index (κ3) is 1.65. The molecule has 0 aliphatic carbocycles. The molecule has 4 heteroatoms. The van der Waals surface area contributed by atoms with Crippen molar-refractivity contribution >= 4 is 0 Å². The Bertz CT molecular complexity index is 419. The summed E-state index contributed by atoms with van der Waals surface area (Å²) in [5, 5.41) is 16.9. The molecule has 0 aliphatic heterocycles. The lowest BCUT2D eigenvalue weighted by Crippen LogP contribution is -1.99. The van der Waals surface area contributed by atoms with Gasteiger partial charge in [0.05, 0.1) is 18.5 Å². The second kappa shape index (κ2) is 3.59. The predicted molar refractivity (Wildman–Crippen MR) is 52.0 cm³/mol. The third-order valence-electron chi connectivity index (χ3n) is 1.97. The number of rotatable bonds is 2. The highest BCUT2D eigenvalue weighted by atomic mass is 16.3. The fraction of sp³-hybridized carbons (Fsp3) is 0.200. The summed E-state index contributed by atoms with van der Waals surface area (Å²) in [6, 6.07) is 7.88. The molecule has 0 bridgehead atoms. The van der Waals surface area contributed by atoms with E-state index >= 15 is 0 Å². The summed E-state index contributed by atoms with van der Waals surface area (Å²) in [5.41, 5.74) is 2.67. The van der Waals surface area contributed by atoms with E-state index < -0.39 is 0 Å². The number of benzene rings is 1. The lowest BCUT2D eigenvalue weighted by Gasteiger charge is -1.98. The molecule has 0 fully saturated rings. The van der Waals surface area contributed by atoms with Crippen molar-refractivity contribution in [1.29, 1.82) is 0 Å². The molecular formula is C10H11N3O. The Balaban J connectivity index is 2.34. The molecule has 2 rings (SSSR count). The summed E-state index contributed by atoms with van der Waals surface area (Å²) >= 11 is 0. The largest absolute Gasteiger partial charge is 0.390 e. The van der Waals surface area contributed by atoms with E-state index in [2.05, 4.69) is 10.2 Å². The number of nitrogens with zero attached hydrogens (tertiary/aromatic N) is 3.